The molecule has 1 unspecified atom stereocenters. The van der Waals surface area contributed by atoms with Gasteiger partial charge in [-0.25, -0.2) is 0 Å². The van der Waals surface area contributed by atoms with Crippen LogP contribution in [0.25, 0.3) is 0 Å². The van der Waals surface area contributed by atoms with Gasteiger partial charge in [0.05, 0.1) is 0 Å². The summed E-state index contributed by atoms with van der Waals surface area (Å²) in [5, 5.41) is 8.91. The monoisotopic (exact) mass is 170 g/mol. The Labute approximate surface area is 66.5 Å². The zero-order valence-corrected chi connectivity index (χ0v) is 7.10. The minimum Gasteiger partial charge on any atom is -0.508 e. The summed E-state index contributed by atoms with van der Waals surface area (Å²) in [6.07, 6.45) is 1.57. The van der Waals surface area contributed by atoms with Gasteiger partial charge < -0.3 is 5.11 Å². The van der Waals surface area contributed by atoms with Crippen LogP contribution in [0.4, 0.5) is 0 Å². The molecule has 0 aliphatic rings. The highest BCUT2D eigenvalue weighted by molar-refractivity contribution is 7.99. The smallest absolute Gasteiger partial charge is 0.115 e. The van der Waals surface area contributed by atoms with E-state index in [4.69, 9.17) is 5.11 Å². The maximum atomic E-state index is 11.3. The van der Waals surface area contributed by atoms with E-state index in [1.165, 1.54) is 12.1 Å². The molecule has 2 nitrogen and oxygen atoms in total. The fraction of sp³-hybridized carbons (Fsp3) is 0.125. The maximum Gasteiger partial charge on any atom is 0.115 e. The molecule has 0 saturated carbocycles. The lowest BCUT2D eigenvalue weighted by molar-refractivity contribution is 0.475. The molecule has 60 valence electrons. The Balaban J connectivity index is 3.20. The van der Waals surface area contributed by atoms with Crippen molar-refractivity contribution in [2.75, 3.05) is 6.26 Å². The van der Waals surface area contributed by atoms with Crippen LogP contribution < -0.4 is 0 Å². The fourth-order valence-electron chi connectivity index (χ4n) is 0.734. The molecule has 1 rings (SSSR count). The molecule has 0 aromatic heterocycles. The Morgan fingerprint density at radius 2 is 1.82 bits per heavy atom. The number of rotatable bonds is 1. The predicted octanol–water partition coefficient (Wildman–Crippen LogP) is 1.10. The molecule has 0 amide bonds. The molecular formula is C8H10O2S. The van der Waals surface area contributed by atoms with Gasteiger partial charge in [-0.05, 0) is 39.7 Å². The minimum atomic E-state index is -2.13. The molecule has 0 bridgehead atoms. The van der Waals surface area contributed by atoms with Gasteiger partial charge in [0.2, 0.25) is 0 Å². The zero-order chi connectivity index (χ0) is 8.48. The largest absolute Gasteiger partial charge is 0.508 e. The van der Waals surface area contributed by atoms with Crippen molar-refractivity contribution in [2.24, 2.45) is 0 Å². The molecule has 0 radical (unpaired) electrons. The average Bonchev–Trinajstić information content (AvgIpc) is 1.86. The fourth-order valence-corrected chi connectivity index (χ4v) is 1.45. The van der Waals surface area contributed by atoms with Gasteiger partial charge in [-0.1, -0.05) is 0 Å². The third-order valence-corrected chi connectivity index (χ3v) is 2.60. The molecule has 0 saturated heterocycles. The van der Waals surface area contributed by atoms with Crippen LogP contribution in [0.2, 0.25) is 0 Å². The molecule has 1 aromatic rings. The van der Waals surface area contributed by atoms with E-state index in [0.29, 0.717) is 4.90 Å². The molecule has 3 heteroatoms. The summed E-state index contributed by atoms with van der Waals surface area (Å²) in [5.41, 5.74) is 0. The molecule has 0 spiro atoms. The summed E-state index contributed by atoms with van der Waals surface area (Å²) in [7, 11) is -2.13. The molecule has 1 aromatic carbocycles. The quantitative estimate of drug-likeness (QED) is 0.641. The predicted molar refractivity (Wildman–Crippen MR) is 47.6 cm³/mol. The summed E-state index contributed by atoms with van der Waals surface area (Å²) in [6, 6.07) is 6.24. The van der Waals surface area contributed by atoms with E-state index in [2.05, 4.69) is 5.87 Å². The van der Waals surface area contributed by atoms with Crippen LogP contribution in [0.3, 0.4) is 0 Å². The zero-order valence-electron chi connectivity index (χ0n) is 6.28. The number of phenols is 1. The van der Waals surface area contributed by atoms with Gasteiger partial charge in [0.15, 0.2) is 0 Å². The van der Waals surface area contributed by atoms with Crippen molar-refractivity contribution in [3.8, 4) is 5.75 Å². The molecule has 1 atom stereocenters. The Morgan fingerprint density at radius 1 is 1.36 bits per heavy atom. The highest BCUT2D eigenvalue weighted by Crippen LogP contribution is 2.13. The summed E-state index contributed by atoms with van der Waals surface area (Å²) >= 11 is 0. The highest BCUT2D eigenvalue weighted by atomic mass is 32.2. The van der Waals surface area contributed by atoms with Gasteiger partial charge >= 0.3 is 0 Å². The van der Waals surface area contributed by atoms with Crippen LogP contribution in [0, 0.1) is 0 Å². The molecule has 0 aliphatic carbocycles. The van der Waals surface area contributed by atoms with Gasteiger partial charge in [-0.3, -0.25) is 4.21 Å². The first-order valence-electron chi connectivity index (χ1n) is 3.11. The number of hydrogen-bond acceptors (Lipinski definition) is 2. The standard InChI is InChI=1S/C8H10O2S/c1-11(2,10)8-5-3-7(9)4-6-8/h3-6,9H,1H2,2H3. The molecule has 0 heterocycles. The number of benzene rings is 1. The van der Waals surface area contributed by atoms with Crippen LogP contribution in [0.5, 0.6) is 5.75 Å². The summed E-state index contributed by atoms with van der Waals surface area (Å²) < 4.78 is 11.3. The van der Waals surface area contributed by atoms with Gasteiger partial charge in [-0.2, -0.15) is 0 Å². The van der Waals surface area contributed by atoms with E-state index in [0.717, 1.165) is 0 Å². The van der Waals surface area contributed by atoms with Crippen molar-refractivity contribution >= 4 is 15.4 Å². The van der Waals surface area contributed by atoms with E-state index in [-0.39, 0.29) is 5.75 Å². The van der Waals surface area contributed by atoms with Crippen molar-refractivity contribution < 1.29 is 9.32 Å². The normalized spacial score (nSPS) is 15.7. The van der Waals surface area contributed by atoms with Gasteiger partial charge in [0, 0.05) is 11.2 Å². The van der Waals surface area contributed by atoms with Gasteiger partial charge in [0.25, 0.3) is 0 Å². The molecule has 0 aliphatic heterocycles. The summed E-state index contributed by atoms with van der Waals surface area (Å²) in [6.45, 7) is 0. The molecular weight excluding hydrogens is 160 g/mol. The van der Waals surface area contributed by atoms with Gasteiger partial charge in [-0.15, -0.1) is 0 Å². The molecule has 11 heavy (non-hydrogen) atoms. The lowest BCUT2D eigenvalue weighted by atomic mass is 10.3. The van der Waals surface area contributed by atoms with Crippen LogP contribution >= 0.6 is 0 Å². The number of phenolic OH excluding ortho intramolecular Hbond substituents is 1. The van der Waals surface area contributed by atoms with Crippen molar-refractivity contribution in [1.82, 2.24) is 0 Å². The van der Waals surface area contributed by atoms with Crippen LogP contribution in [0.1, 0.15) is 0 Å². The van der Waals surface area contributed by atoms with E-state index in [1.54, 1.807) is 18.4 Å². The molecule has 1 N–H and O–H groups in total. The van der Waals surface area contributed by atoms with E-state index < -0.39 is 9.52 Å². The van der Waals surface area contributed by atoms with Crippen LogP contribution in [-0.2, 0) is 9.52 Å². The first-order chi connectivity index (χ1) is 5.00. The second kappa shape index (κ2) is 2.58. The second-order valence-electron chi connectivity index (χ2n) is 2.50. The van der Waals surface area contributed by atoms with Gasteiger partial charge in [0.1, 0.15) is 5.75 Å². The summed E-state index contributed by atoms with van der Waals surface area (Å²) in [5.74, 6) is 3.69. The van der Waals surface area contributed by atoms with Crippen molar-refractivity contribution in [1.29, 1.82) is 0 Å². The Bertz CT molecular complexity index is 335. The lowest BCUT2D eigenvalue weighted by Gasteiger charge is -2.00. The first-order valence-corrected chi connectivity index (χ1v) is 5.25. The van der Waals surface area contributed by atoms with E-state index in [1.807, 2.05) is 0 Å². The van der Waals surface area contributed by atoms with Crippen molar-refractivity contribution in [3.63, 3.8) is 0 Å². The molecule has 0 fully saturated rings. The summed E-state index contributed by atoms with van der Waals surface area (Å²) in [4.78, 5) is 0.662. The first kappa shape index (κ1) is 8.14. The highest BCUT2D eigenvalue weighted by Gasteiger charge is 1.98. The Hall–Kier alpha value is -0.960. The number of aromatic hydroxyl groups is 1. The van der Waals surface area contributed by atoms with E-state index >= 15 is 0 Å². The topological polar surface area (TPSA) is 37.3 Å². The van der Waals surface area contributed by atoms with Crippen LogP contribution in [0.15, 0.2) is 29.2 Å². The Kier molecular flexibility index (Phi) is 1.91. The second-order valence-corrected chi connectivity index (χ2v) is 4.98. The van der Waals surface area contributed by atoms with Crippen molar-refractivity contribution in [3.05, 3.63) is 24.3 Å². The van der Waals surface area contributed by atoms with Crippen molar-refractivity contribution in [2.45, 2.75) is 4.90 Å². The van der Waals surface area contributed by atoms with E-state index in [9.17, 15) is 4.21 Å². The number of hydrogen-bond donors (Lipinski definition) is 1. The minimum absolute atomic E-state index is 0.178. The third kappa shape index (κ3) is 1.98. The SMILES string of the molecule is C=S(C)(=O)c1ccc(O)cc1. The average molecular weight is 170 g/mol. The maximum absolute atomic E-state index is 11.3. The van der Waals surface area contributed by atoms with Crippen LogP contribution in [-0.4, -0.2) is 21.4 Å². The Morgan fingerprint density at radius 3 is 2.18 bits per heavy atom. The lowest BCUT2D eigenvalue weighted by Crippen LogP contribution is -1.94. The third-order valence-electron chi connectivity index (χ3n) is 1.34.